The lowest BCUT2D eigenvalue weighted by molar-refractivity contribution is -0.137. The van der Waals surface area contributed by atoms with Crippen molar-refractivity contribution in [3.8, 4) is 0 Å². The predicted octanol–water partition coefficient (Wildman–Crippen LogP) is 5.37. The number of hydrogen-bond donors (Lipinski definition) is 2. The van der Waals surface area contributed by atoms with Gasteiger partial charge in [-0.3, -0.25) is 9.59 Å². The number of anilines is 2. The molecule has 2 aromatic heterocycles. The molecule has 0 atom stereocenters. The zero-order valence-electron chi connectivity index (χ0n) is 18.3. The topological polar surface area (TPSA) is 88.9 Å². The number of nitrogens with one attached hydrogen (secondary N) is 2. The average Bonchev–Trinajstić information content (AvgIpc) is 3.11. The highest BCUT2D eigenvalue weighted by Gasteiger charge is 2.31. The summed E-state index contributed by atoms with van der Waals surface area (Å²) in [6.07, 6.45) is -3.09. The quantitative estimate of drug-likeness (QED) is 0.551. The number of nitrogens with zero attached hydrogens (tertiary/aromatic N) is 3. The lowest BCUT2D eigenvalue weighted by Crippen LogP contribution is -2.17. The number of rotatable bonds is 5. The van der Waals surface area contributed by atoms with Crippen LogP contribution in [-0.4, -0.2) is 26.6 Å². The Hall–Kier alpha value is -3.43. The van der Waals surface area contributed by atoms with E-state index in [0.29, 0.717) is 16.7 Å². The van der Waals surface area contributed by atoms with Crippen LogP contribution in [0.4, 0.5) is 24.5 Å². The third-order valence-electron chi connectivity index (χ3n) is 4.82. The average molecular weight is 447 g/mol. The molecule has 0 radical (unpaired) electrons. The molecule has 0 spiro atoms. The Morgan fingerprint density at radius 3 is 2.28 bits per heavy atom. The lowest BCUT2D eigenvalue weighted by atomic mass is 10.0. The van der Waals surface area contributed by atoms with E-state index in [0.717, 1.165) is 18.2 Å². The van der Waals surface area contributed by atoms with Gasteiger partial charge in [0.2, 0.25) is 5.91 Å². The van der Waals surface area contributed by atoms with Crippen LogP contribution in [0.5, 0.6) is 0 Å². The van der Waals surface area contributed by atoms with Crippen LogP contribution in [0, 0.1) is 0 Å². The normalized spacial score (nSPS) is 11.9. The third-order valence-corrected chi connectivity index (χ3v) is 4.82. The Morgan fingerprint density at radius 2 is 1.72 bits per heavy atom. The molecule has 0 aliphatic carbocycles. The fourth-order valence-electron chi connectivity index (χ4n) is 3.21. The van der Waals surface area contributed by atoms with Gasteiger partial charge in [0.25, 0.3) is 5.91 Å². The molecule has 2 heterocycles. The first-order valence-electron chi connectivity index (χ1n) is 10.1. The van der Waals surface area contributed by atoms with Gasteiger partial charge in [-0.2, -0.15) is 18.3 Å². The first-order valence-corrected chi connectivity index (χ1v) is 10.1. The smallest absolute Gasteiger partial charge is 0.325 e. The van der Waals surface area contributed by atoms with Crippen molar-refractivity contribution in [1.29, 1.82) is 0 Å². The number of pyridine rings is 1. The first kappa shape index (κ1) is 23.2. The number of fused-ring (bicyclic) bond motifs is 1. The van der Waals surface area contributed by atoms with Gasteiger partial charge in [-0.1, -0.05) is 13.8 Å². The van der Waals surface area contributed by atoms with E-state index in [1.54, 1.807) is 10.7 Å². The Kier molecular flexibility index (Phi) is 6.25. The fourth-order valence-corrected chi connectivity index (χ4v) is 3.21. The van der Waals surface area contributed by atoms with E-state index < -0.39 is 23.6 Å². The molecule has 0 bridgehead atoms. The van der Waals surface area contributed by atoms with Gasteiger partial charge in [0, 0.05) is 18.7 Å². The summed E-state index contributed by atoms with van der Waals surface area (Å²) in [7, 11) is 0. The van der Waals surface area contributed by atoms with Crippen LogP contribution in [0.15, 0.2) is 30.5 Å². The van der Waals surface area contributed by atoms with Gasteiger partial charge < -0.3 is 10.6 Å². The zero-order chi connectivity index (χ0) is 23.8. The van der Waals surface area contributed by atoms with Crippen molar-refractivity contribution < 1.29 is 22.8 Å². The fraction of sp³-hybridized carbons (Fsp3) is 0.364. The molecular weight excluding hydrogens is 423 g/mol. The van der Waals surface area contributed by atoms with Crippen LogP contribution in [0.25, 0.3) is 11.0 Å². The molecule has 170 valence electrons. The minimum Gasteiger partial charge on any atom is -0.325 e. The molecule has 3 aromatic rings. The van der Waals surface area contributed by atoms with E-state index in [-0.39, 0.29) is 28.9 Å². The maximum absolute atomic E-state index is 13.2. The Morgan fingerprint density at radius 1 is 1.03 bits per heavy atom. The van der Waals surface area contributed by atoms with E-state index in [9.17, 15) is 22.8 Å². The number of benzene rings is 1. The van der Waals surface area contributed by atoms with Crippen LogP contribution in [0.1, 0.15) is 68.2 Å². The van der Waals surface area contributed by atoms with Gasteiger partial charge in [0.1, 0.15) is 0 Å². The van der Waals surface area contributed by atoms with E-state index in [2.05, 4.69) is 20.7 Å². The minimum absolute atomic E-state index is 0.00459. The molecule has 1 aromatic carbocycles. The van der Waals surface area contributed by atoms with E-state index in [4.69, 9.17) is 0 Å². The van der Waals surface area contributed by atoms with E-state index in [1.165, 1.54) is 13.1 Å². The van der Waals surface area contributed by atoms with Crippen LogP contribution >= 0.6 is 0 Å². The molecule has 2 N–H and O–H groups in total. The maximum atomic E-state index is 13.2. The summed E-state index contributed by atoms with van der Waals surface area (Å²) in [5.74, 6) is -1.11. The molecule has 2 amide bonds. The molecular formula is C22H24F3N5O2. The van der Waals surface area contributed by atoms with Gasteiger partial charge in [-0.25, -0.2) is 9.67 Å². The Bertz CT molecular complexity index is 1180. The molecule has 0 aliphatic rings. The SMILES string of the molecule is CC(=O)Nc1ccc(C(F)(F)F)cc1NC(=O)c1cc(C(C)C)nc2c1cnn2C(C)C. The highest BCUT2D eigenvalue weighted by atomic mass is 19.4. The van der Waals surface area contributed by atoms with Gasteiger partial charge in [-0.05, 0) is 44.0 Å². The summed E-state index contributed by atoms with van der Waals surface area (Å²) in [5, 5.41) is 9.77. The second-order valence-corrected chi connectivity index (χ2v) is 8.06. The second kappa shape index (κ2) is 8.60. The van der Waals surface area contributed by atoms with Gasteiger partial charge in [-0.15, -0.1) is 0 Å². The molecule has 0 fully saturated rings. The van der Waals surface area contributed by atoms with E-state index >= 15 is 0 Å². The molecule has 3 rings (SSSR count). The molecule has 10 heteroatoms. The molecule has 7 nitrogen and oxygen atoms in total. The van der Waals surface area contributed by atoms with Crippen LogP contribution in [-0.2, 0) is 11.0 Å². The van der Waals surface area contributed by atoms with Crippen molar-refractivity contribution in [2.45, 2.75) is 52.8 Å². The largest absolute Gasteiger partial charge is 0.416 e. The van der Waals surface area contributed by atoms with Crippen LogP contribution < -0.4 is 10.6 Å². The maximum Gasteiger partial charge on any atom is 0.416 e. The zero-order valence-corrected chi connectivity index (χ0v) is 18.3. The van der Waals surface area contributed by atoms with Crippen molar-refractivity contribution in [1.82, 2.24) is 14.8 Å². The Labute approximate surface area is 183 Å². The number of alkyl halides is 3. The summed E-state index contributed by atoms with van der Waals surface area (Å²) in [4.78, 5) is 29.3. The van der Waals surface area contributed by atoms with Gasteiger partial charge >= 0.3 is 6.18 Å². The lowest BCUT2D eigenvalue weighted by Gasteiger charge is -2.16. The van der Waals surface area contributed by atoms with Crippen molar-refractivity contribution in [3.05, 3.63) is 47.3 Å². The number of carbonyl (C=O) groups excluding carboxylic acids is 2. The summed E-state index contributed by atoms with van der Waals surface area (Å²) in [6.45, 7) is 8.93. The number of halogens is 3. The standard InChI is InChI=1S/C22H24F3N5O2/c1-11(2)18-9-15(16-10-26-30(12(3)4)20(16)28-18)21(32)29-19-8-14(22(23,24)25)6-7-17(19)27-13(5)31/h6-12H,1-5H3,(H,27,31)(H,29,32). The molecule has 0 aliphatic heterocycles. The first-order chi connectivity index (χ1) is 14.9. The predicted molar refractivity (Wildman–Crippen MR) is 116 cm³/mol. The highest BCUT2D eigenvalue weighted by Crippen LogP contribution is 2.34. The van der Waals surface area contributed by atoms with Gasteiger partial charge in [0.15, 0.2) is 5.65 Å². The number of hydrogen-bond acceptors (Lipinski definition) is 4. The third kappa shape index (κ3) is 4.74. The second-order valence-electron chi connectivity index (χ2n) is 8.06. The van der Waals surface area contributed by atoms with Crippen LogP contribution in [0.2, 0.25) is 0 Å². The monoisotopic (exact) mass is 447 g/mol. The summed E-state index contributed by atoms with van der Waals surface area (Å²) >= 11 is 0. The summed E-state index contributed by atoms with van der Waals surface area (Å²) in [6, 6.07) is 4.35. The van der Waals surface area contributed by atoms with Crippen LogP contribution in [0.3, 0.4) is 0 Å². The summed E-state index contributed by atoms with van der Waals surface area (Å²) in [5.41, 5.74) is 0.353. The molecule has 0 saturated carbocycles. The number of carbonyl (C=O) groups is 2. The molecule has 0 saturated heterocycles. The van der Waals surface area contributed by atoms with Crippen molar-refractivity contribution >= 4 is 34.2 Å². The molecule has 32 heavy (non-hydrogen) atoms. The minimum atomic E-state index is -4.61. The summed E-state index contributed by atoms with van der Waals surface area (Å²) < 4.78 is 41.4. The van der Waals surface area contributed by atoms with Crippen molar-refractivity contribution in [2.24, 2.45) is 0 Å². The number of aromatic nitrogens is 3. The Balaban J connectivity index is 2.11. The highest BCUT2D eigenvalue weighted by molar-refractivity contribution is 6.13. The number of amides is 2. The van der Waals surface area contributed by atoms with Gasteiger partial charge in [0.05, 0.1) is 34.1 Å². The molecule has 0 unspecified atom stereocenters. The van der Waals surface area contributed by atoms with Crippen molar-refractivity contribution in [2.75, 3.05) is 10.6 Å². The van der Waals surface area contributed by atoms with E-state index in [1.807, 2.05) is 27.7 Å². The van der Waals surface area contributed by atoms with Crippen molar-refractivity contribution in [3.63, 3.8) is 0 Å².